The molecule has 2 atom stereocenters. The predicted octanol–water partition coefficient (Wildman–Crippen LogP) is 2.25. The lowest BCUT2D eigenvalue weighted by atomic mass is 10.0. The molecule has 0 saturated heterocycles. The molecule has 3 heteroatoms. The minimum Gasteiger partial charge on any atom is -0.342 e. The molecule has 2 N–H and O–H groups in total. The molecule has 0 aliphatic heterocycles. The molecular formula is C14H28N2O. The number of carbonyl (C=O) groups excluding carboxylic acids is 1. The maximum atomic E-state index is 12.4. The van der Waals surface area contributed by atoms with Crippen molar-refractivity contribution < 1.29 is 4.79 Å². The lowest BCUT2D eigenvalue weighted by molar-refractivity contribution is -0.136. The maximum absolute atomic E-state index is 12.4. The van der Waals surface area contributed by atoms with Gasteiger partial charge in [0, 0.05) is 25.0 Å². The fourth-order valence-corrected chi connectivity index (χ4v) is 2.63. The zero-order valence-corrected chi connectivity index (χ0v) is 11.8. The van der Waals surface area contributed by atoms with Crippen molar-refractivity contribution in [1.82, 2.24) is 4.90 Å². The number of rotatable bonds is 5. The number of hydrogen-bond acceptors (Lipinski definition) is 2. The third kappa shape index (κ3) is 4.66. The fourth-order valence-electron chi connectivity index (χ4n) is 2.63. The minimum absolute atomic E-state index is 0.183. The summed E-state index contributed by atoms with van der Waals surface area (Å²) in [6.07, 6.45) is 2.87. The number of hydrogen-bond donors (Lipinski definition) is 1. The van der Waals surface area contributed by atoms with Crippen molar-refractivity contribution in [3.8, 4) is 0 Å². The lowest BCUT2D eigenvalue weighted by Gasteiger charge is -2.29. The Hall–Kier alpha value is -0.570. The monoisotopic (exact) mass is 240 g/mol. The van der Waals surface area contributed by atoms with Crippen molar-refractivity contribution >= 4 is 5.91 Å². The molecule has 100 valence electrons. The average Bonchev–Trinajstić information content (AvgIpc) is 2.61. The van der Waals surface area contributed by atoms with E-state index in [4.69, 9.17) is 5.73 Å². The fraction of sp³-hybridized carbons (Fsp3) is 0.929. The van der Waals surface area contributed by atoms with Crippen LogP contribution in [0, 0.1) is 17.8 Å². The lowest BCUT2D eigenvalue weighted by Crippen LogP contribution is -2.40. The molecular weight excluding hydrogens is 212 g/mol. The highest BCUT2D eigenvalue weighted by Crippen LogP contribution is 2.26. The Bertz CT molecular complexity index is 241. The van der Waals surface area contributed by atoms with Gasteiger partial charge in [-0.15, -0.1) is 0 Å². The first-order valence-electron chi connectivity index (χ1n) is 6.94. The van der Waals surface area contributed by atoms with Gasteiger partial charge in [-0.1, -0.05) is 27.7 Å². The van der Waals surface area contributed by atoms with E-state index in [1.807, 2.05) is 0 Å². The van der Waals surface area contributed by atoms with Crippen molar-refractivity contribution in [1.29, 1.82) is 0 Å². The van der Waals surface area contributed by atoms with Gasteiger partial charge < -0.3 is 10.6 Å². The summed E-state index contributed by atoms with van der Waals surface area (Å²) in [5.41, 5.74) is 5.89. The summed E-state index contributed by atoms with van der Waals surface area (Å²) >= 11 is 0. The topological polar surface area (TPSA) is 46.3 Å². The molecule has 1 aliphatic carbocycles. The van der Waals surface area contributed by atoms with Gasteiger partial charge in [-0.3, -0.25) is 4.79 Å². The summed E-state index contributed by atoms with van der Waals surface area (Å²) in [7, 11) is 0. The second kappa shape index (κ2) is 6.39. The van der Waals surface area contributed by atoms with Gasteiger partial charge in [0.2, 0.25) is 5.91 Å². The normalized spacial score (nSPS) is 24.6. The first-order valence-corrected chi connectivity index (χ1v) is 6.94. The third-order valence-electron chi connectivity index (χ3n) is 3.31. The van der Waals surface area contributed by atoms with Crippen LogP contribution >= 0.6 is 0 Å². The van der Waals surface area contributed by atoms with Gasteiger partial charge in [0.25, 0.3) is 0 Å². The van der Waals surface area contributed by atoms with Crippen LogP contribution in [0.25, 0.3) is 0 Å². The Morgan fingerprint density at radius 2 is 1.71 bits per heavy atom. The summed E-state index contributed by atoms with van der Waals surface area (Å²) in [4.78, 5) is 14.5. The Labute approximate surface area is 106 Å². The summed E-state index contributed by atoms with van der Waals surface area (Å²) in [5, 5.41) is 0. The molecule has 0 spiro atoms. The highest BCUT2D eigenvalue weighted by molar-refractivity contribution is 5.79. The van der Waals surface area contributed by atoms with E-state index in [0.717, 1.165) is 32.4 Å². The molecule has 2 unspecified atom stereocenters. The number of nitrogens with zero attached hydrogens (tertiary/aromatic N) is 1. The van der Waals surface area contributed by atoms with Crippen molar-refractivity contribution in [2.45, 2.75) is 53.0 Å². The summed E-state index contributed by atoms with van der Waals surface area (Å²) < 4.78 is 0. The number of amides is 1. The molecule has 3 nitrogen and oxygen atoms in total. The molecule has 17 heavy (non-hydrogen) atoms. The van der Waals surface area contributed by atoms with Crippen molar-refractivity contribution in [2.24, 2.45) is 23.5 Å². The molecule has 0 radical (unpaired) electrons. The quantitative estimate of drug-likeness (QED) is 0.801. The standard InChI is InChI=1S/C14H28N2O/c1-10(2)8-16(9-11(3)4)14(17)12-5-6-13(15)7-12/h10-13H,5-9,15H2,1-4H3. The smallest absolute Gasteiger partial charge is 0.225 e. The van der Waals surface area contributed by atoms with E-state index in [-0.39, 0.29) is 12.0 Å². The van der Waals surface area contributed by atoms with Crippen molar-refractivity contribution in [3.05, 3.63) is 0 Å². The molecule has 0 aromatic heterocycles. The molecule has 1 saturated carbocycles. The Morgan fingerprint density at radius 3 is 2.06 bits per heavy atom. The molecule has 1 fully saturated rings. The van der Waals surface area contributed by atoms with E-state index in [1.165, 1.54) is 0 Å². The molecule has 0 aromatic rings. The SMILES string of the molecule is CC(C)CN(CC(C)C)C(=O)C1CCC(N)C1. The van der Waals surface area contributed by atoms with Crippen LogP contribution in [-0.4, -0.2) is 29.9 Å². The summed E-state index contributed by atoms with van der Waals surface area (Å²) in [6.45, 7) is 10.4. The zero-order chi connectivity index (χ0) is 13.0. The zero-order valence-electron chi connectivity index (χ0n) is 11.8. The Balaban J connectivity index is 2.58. The van der Waals surface area contributed by atoms with E-state index in [2.05, 4.69) is 32.6 Å². The van der Waals surface area contributed by atoms with Crippen LogP contribution in [0.2, 0.25) is 0 Å². The molecule has 1 amide bonds. The molecule has 0 aromatic carbocycles. The highest BCUT2D eigenvalue weighted by Gasteiger charge is 2.31. The second-order valence-electron chi connectivity index (χ2n) is 6.30. The number of carbonyl (C=O) groups is 1. The second-order valence-corrected chi connectivity index (χ2v) is 6.30. The van der Waals surface area contributed by atoms with Crippen molar-refractivity contribution in [3.63, 3.8) is 0 Å². The molecule has 1 aliphatic rings. The maximum Gasteiger partial charge on any atom is 0.225 e. The van der Waals surface area contributed by atoms with Gasteiger partial charge in [-0.2, -0.15) is 0 Å². The van der Waals surface area contributed by atoms with Gasteiger partial charge in [0.15, 0.2) is 0 Å². The number of nitrogens with two attached hydrogens (primary N) is 1. The Morgan fingerprint density at radius 1 is 1.18 bits per heavy atom. The molecule has 0 bridgehead atoms. The van der Waals surface area contributed by atoms with Crippen LogP contribution < -0.4 is 5.73 Å². The Kier molecular flexibility index (Phi) is 5.44. The van der Waals surface area contributed by atoms with E-state index in [1.54, 1.807) is 0 Å². The van der Waals surface area contributed by atoms with E-state index in [9.17, 15) is 4.79 Å². The van der Waals surface area contributed by atoms with Crippen LogP contribution in [0.1, 0.15) is 47.0 Å². The first kappa shape index (κ1) is 14.5. The summed E-state index contributed by atoms with van der Waals surface area (Å²) in [5.74, 6) is 1.59. The molecule has 1 rings (SSSR count). The van der Waals surface area contributed by atoms with E-state index in [0.29, 0.717) is 17.7 Å². The van der Waals surface area contributed by atoms with Crippen LogP contribution in [0.4, 0.5) is 0 Å². The average molecular weight is 240 g/mol. The molecule has 0 heterocycles. The summed E-state index contributed by atoms with van der Waals surface area (Å²) in [6, 6.07) is 0.240. The van der Waals surface area contributed by atoms with Gasteiger partial charge >= 0.3 is 0 Å². The van der Waals surface area contributed by atoms with E-state index >= 15 is 0 Å². The van der Waals surface area contributed by atoms with Crippen LogP contribution in [0.5, 0.6) is 0 Å². The van der Waals surface area contributed by atoms with Gasteiger partial charge in [-0.25, -0.2) is 0 Å². The van der Waals surface area contributed by atoms with Crippen LogP contribution in [-0.2, 0) is 4.79 Å². The van der Waals surface area contributed by atoms with Gasteiger partial charge in [0.1, 0.15) is 0 Å². The van der Waals surface area contributed by atoms with E-state index < -0.39 is 0 Å². The van der Waals surface area contributed by atoms with Crippen molar-refractivity contribution in [2.75, 3.05) is 13.1 Å². The minimum atomic E-state index is 0.183. The van der Waals surface area contributed by atoms with Gasteiger partial charge in [0.05, 0.1) is 0 Å². The first-order chi connectivity index (χ1) is 7.90. The van der Waals surface area contributed by atoms with Crippen LogP contribution in [0.3, 0.4) is 0 Å². The van der Waals surface area contributed by atoms with Gasteiger partial charge in [-0.05, 0) is 31.1 Å². The third-order valence-corrected chi connectivity index (χ3v) is 3.31. The predicted molar refractivity (Wildman–Crippen MR) is 71.6 cm³/mol. The highest BCUT2D eigenvalue weighted by atomic mass is 16.2. The van der Waals surface area contributed by atoms with Crippen LogP contribution in [0.15, 0.2) is 0 Å². The largest absolute Gasteiger partial charge is 0.342 e.